The first kappa shape index (κ1) is 23.8. The summed E-state index contributed by atoms with van der Waals surface area (Å²) in [5.74, 6) is 0.890. The summed E-state index contributed by atoms with van der Waals surface area (Å²) < 4.78 is 0. The number of rotatable bonds is 1. The van der Waals surface area contributed by atoms with Crippen LogP contribution in [0.25, 0.3) is 0 Å². The predicted octanol–water partition coefficient (Wildman–Crippen LogP) is 2.80. The Morgan fingerprint density at radius 3 is 2.51 bits per heavy atom. The van der Waals surface area contributed by atoms with Crippen LogP contribution in [0.4, 0.5) is 0 Å². The molecule has 186 valence electrons. The lowest BCUT2D eigenvalue weighted by Gasteiger charge is -2.34. The van der Waals surface area contributed by atoms with Crippen LogP contribution in [-0.2, 0) is 19.2 Å². The average molecular weight is 479 g/mol. The van der Waals surface area contributed by atoms with E-state index in [4.69, 9.17) is 0 Å². The van der Waals surface area contributed by atoms with E-state index in [0.717, 1.165) is 12.8 Å². The van der Waals surface area contributed by atoms with Crippen molar-refractivity contribution < 1.29 is 24.3 Å². The second-order valence-electron chi connectivity index (χ2n) is 11.0. The molecular weight excluding hydrogens is 444 g/mol. The molecule has 7 heteroatoms. The minimum Gasteiger partial charge on any atom is -0.507 e. The van der Waals surface area contributed by atoms with Crippen molar-refractivity contribution in [3.63, 3.8) is 0 Å². The van der Waals surface area contributed by atoms with Gasteiger partial charge in [-0.15, -0.1) is 0 Å². The molecule has 0 spiro atoms. The zero-order valence-corrected chi connectivity index (χ0v) is 20.3. The highest BCUT2D eigenvalue weighted by Gasteiger charge is 2.53. The highest BCUT2D eigenvalue weighted by molar-refractivity contribution is 6.27. The molecule has 5 aliphatic rings. The van der Waals surface area contributed by atoms with Crippen molar-refractivity contribution in [1.29, 1.82) is 0 Å². The first-order chi connectivity index (χ1) is 16.8. The van der Waals surface area contributed by atoms with Crippen molar-refractivity contribution in [1.82, 2.24) is 10.6 Å². The van der Waals surface area contributed by atoms with E-state index in [9.17, 15) is 24.3 Å². The summed E-state index contributed by atoms with van der Waals surface area (Å²) in [6, 6.07) is -0.739. The molecule has 0 radical (unpaired) electrons. The highest BCUT2D eigenvalue weighted by atomic mass is 16.3. The number of nitrogens with one attached hydrogen (secondary N) is 2. The summed E-state index contributed by atoms with van der Waals surface area (Å²) in [6.07, 6.45) is 14.5. The molecular formula is C28H34N2O5. The molecule has 35 heavy (non-hydrogen) atoms. The molecule has 0 aromatic carbocycles. The Bertz CT molecular complexity index is 1070. The second kappa shape index (κ2) is 9.25. The third-order valence-corrected chi connectivity index (χ3v) is 8.99. The number of Topliss-reactive ketones (excluding diaryl/α,β-unsaturated/α-hetero) is 2. The van der Waals surface area contributed by atoms with Gasteiger partial charge < -0.3 is 15.7 Å². The van der Waals surface area contributed by atoms with Gasteiger partial charge in [0.1, 0.15) is 17.1 Å². The fourth-order valence-corrected chi connectivity index (χ4v) is 7.52. The van der Waals surface area contributed by atoms with E-state index < -0.39 is 17.7 Å². The Morgan fingerprint density at radius 1 is 1.00 bits per heavy atom. The number of carbonyl (C=O) groups is 4. The number of hydrogen-bond donors (Lipinski definition) is 3. The van der Waals surface area contributed by atoms with Crippen LogP contribution in [0, 0.1) is 47.3 Å². The molecule has 2 heterocycles. The maximum Gasteiger partial charge on any atom is 0.259 e. The molecule has 1 saturated heterocycles. The Balaban J connectivity index is 1.48. The van der Waals surface area contributed by atoms with Gasteiger partial charge in [0, 0.05) is 18.9 Å². The summed E-state index contributed by atoms with van der Waals surface area (Å²) in [7, 11) is 0. The fourth-order valence-electron chi connectivity index (χ4n) is 7.52. The zero-order valence-electron chi connectivity index (χ0n) is 20.3. The van der Waals surface area contributed by atoms with Crippen LogP contribution >= 0.6 is 0 Å². The summed E-state index contributed by atoms with van der Waals surface area (Å²) in [5.41, 5.74) is -0.205. The second-order valence-corrected chi connectivity index (χ2v) is 11.0. The third kappa shape index (κ3) is 4.19. The van der Waals surface area contributed by atoms with Gasteiger partial charge in [0.15, 0.2) is 5.78 Å². The number of amides is 2. The maximum absolute atomic E-state index is 12.7. The molecule has 9 atom stereocenters. The summed E-state index contributed by atoms with van der Waals surface area (Å²) >= 11 is 0. The molecule has 3 N–H and O–H groups in total. The molecule has 3 aliphatic carbocycles. The van der Waals surface area contributed by atoms with Crippen LogP contribution in [-0.4, -0.2) is 41.1 Å². The van der Waals surface area contributed by atoms with E-state index in [1.807, 2.05) is 12.2 Å². The minimum absolute atomic E-state index is 0.0728. The van der Waals surface area contributed by atoms with Crippen molar-refractivity contribution in [3.8, 4) is 0 Å². The van der Waals surface area contributed by atoms with Gasteiger partial charge in [-0.3, -0.25) is 19.2 Å². The minimum atomic E-state index is -0.739. The van der Waals surface area contributed by atoms with Gasteiger partial charge in [0.05, 0.1) is 6.04 Å². The quantitative estimate of drug-likeness (QED) is 0.396. The van der Waals surface area contributed by atoms with E-state index in [1.165, 1.54) is 6.08 Å². The number of aliphatic hydroxyl groups excluding tert-OH is 1. The van der Waals surface area contributed by atoms with E-state index in [0.29, 0.717) is 17.8 Å². The standard InChI is InChI=1S/C28H34N2O5/c1-14-12-20-19(25(14)15(2)31)8-7-18-17-4-3-5-24(33)29-11-10-22-27(34)26(28(35)30-22)23(32)9-6-16(17)13-21(18)20/h3-4,6-9,14,16-22,25,32H,5,10-13H2,1-2H3,(H,29,33)(H,30,35)/b4-3+,9-6+,26-23?/t14-,16-,17+,18-,19-,20+,21+,22+,25+/m1/s1. The number of aliphatic hydroxyl groups is 1. The van der Waals surface area contributed by atoms with Crippen molar-refractivity contribution in [2.45, 2.75) is 45.6 Å². The van der Waals surface area contributed by atoms with Gasteiger partial charge >= 0.3 is 0 Å². The number of carbonyl (C=O) groups excluding carboxylic acids is 4. The molecule has 2 saturated carbocycles. The Kier molecular flexibility index (Phi) is 6.28. The van der Waals surface area contributed by atoms with Gasteiger partial charge in [-0.25, -0.2) is 0 Å². The zero-order chi connectivity index (χ0) is 24.9. The van der Waals surface area contributed by atoms with Crippen molar-refractivity contribution >= 4 is 23.4 Å². The lowest BCUT2D eigenvalue weighted by molar-refractivity contribution is -0.123. The molecule has 2 aliphatic heterocycles. The van der Waals surface area contributed by atoms with Gasteiger partial charge in [-0.1, -0.05) is 37.3 Å². The third-order valence-electron chi connectivity index (χ3n) is 8.99. The highest BCUT2D eigenvalue weighted by Crippen LogP contribution is 2.58. The molecule has 5 rings (SSSR count). The summed E-state index contributed by atoms with van der Waals surface area (Å²) in [6.45, 7) is 4.16. The van der Waals surface area contributed by atoms with Gasteiger partial charge in [-0.05, 0) is 73.7 Å². The molecule has 2 amide bonds. The van der Waals surface area contributed by atoms with Crippen molar-refractivity contribution in [2.75, 3.05) is 6.54 Å². The van der Waals surface area contributed by atoms with E-state index in [2.05, 4.69) is 35.8 Å². The van der Waals surface area contributed by atoms with E-state index in [-0.39, 0.29) is 72.0 Å². The Labute approximate surface area is 205 Å². The van der Waals surface area contributed by atoms with Crippen LogP contribution in [0.15, 0.2) is 47.8 Å². The predicted molar refractivity (Wildman–Crippen MR) is 130 cm³/mol. The maximum atomic E-state index is 12.7. The van der Waals surface area contributed by atoms with Gasteiger partial charge in [0.25, 0.3) is 5.91 Å². The topological polar surface area (TPSA) is 113 Å². The molecule has 7 nitrogen and oxygen atoms in total. The molecule has 0 unspecified atom stereocenters. The number of ketones is 2. The van der Waals surface area contributed by atoms with Crippen molar-refractivity contribution in [3.05, 3.63) is 47.8 Å². The smallest absolute Gasteiger partial charge is 0.259 e. The van der Waals surface area contributed by atoms with E-state index >= 15 is 0 Å². The monoisotopic (exact) mass is 478 g/mol. The van der Waals surface area contributed by atoms with Crippen LogP contribution in [0.2, 0.25) is 0 Å². The fraction of sp³-hybridized carbons (Fsp3) is 0.571. The van der Waals surface area contributed by atoms with Crippen LogP contribution in [0.1, 0.15) is 39.5 Å². The molecule has 0 aromatic rings. The van der Waals surface area contributed by atoms with Gasteiger partial charge in [-0.2, -0.15) is 0 Å². The van der Waals surface area contributed by atoms with E-state index in [1.54, 1.807) is 6.92 Å². The van der Waals surface area contributed by atoms with Crippen molar-refractivity contribution in [2.24, 2.45) is 47.3 Å². The van der Waals surface area contributed by atoms with Gasteiger partial charge in [0.2, 0.25) is 5.91 Å². The Morgan fingerprint density at radius 2 is 1.74 bits per heavy atom. The number of allylic oxidation sites excluding steroid dienone is 5. The number of hydrogen-bond acceptors (Lipinski definition) is 5. The van der Waals surface area contributed by atoms with Crippen LogP contribution < -0.4 is 10.6 Å². The summed E-state index contributed by atoms with van der Waals surface area (Å²) in [4.78, 5) is 49.8. The first-order valence-electron chi connectivity index (χ1n) is 12.8. The normalized spacial score (nSPS) is 42.8. The lowest BCUT2D eigenvalue weighted by atomic mass is 9.70. The molecule has 2 bridgehead atoms. The average Bonchev–Trinajstić information content (AvgIpc) is 3.42. The van der Waals surface area contributed by atoms with Crippen LogP contribution in [0.3, 0.4) is 0 Å². The largest absolute Gasteiger partial charge is 0.507 e. The SMILES string of the molecule is CC(=O)[C@H]1[C@@H]2C=C[C@@H]3[C@H]4/C=C/CC(=O)NCC[C@@H]5NC(=O)C(=C(O)/C=C/[C@@H]4C[C@@H]3[C@H]2C[C@H]1C)C5=O. The molecule has 0 aromatic heterocycles. The first-order valence-corrected chi connectivity index (χ1v) is 12.8. The lowest BCUT2D eigenvalue weighted by Crippen LogP contribution is -2.34. The Hall–Kier alpha value is -2.96. The van der Waals surface area contributed by atoms with Crippen LogP contribution in [0.5, 0.6) is 0 Å². The number of fused-ring (bicyclic) bond motifs is 7. The summed E-state index contributed by atoms with van der Waals surface area (Å²) in [5, 5.41) is 16.1. The molecule has 3 fully saturated rings.